The summed E-state index contributed by atoms with van der Waals surface area (Å²) in [4.78, 5) is 69.6. The summed E-state index contributed by atoms with van der Waals surface area (Å²) >= 11 is 0. The molecule has 2 saturated heterocycles. The van der Waals surface area contributed by atoms with Crippen molar-refractivity contribution in [1.29, 1.82) is 0 Å². The zero-order valence-electron chi connectivity index (χ0n) is 29.2. The van der Waals surface area contributed by atoms with Crippen LogP contribution in [-0.2, 0) is 28.7 Å². The Morgan fingerprint density at radius 2 is 1.71 bits per heavy atom. The number of rotatable bonds is 7. The maximum atomic E-state index is 14.1. The normalized spacial score (nSPS) is 28.2. The minimum atomic E-state index is -1.68. The number of fused-ring (bicyclic) bond motifs is 3. The van der Waals surface area contributed by atoms with Gasteiger partial charge in [0, 0.05) is 26.6 Å². The molecule has 3 heterocycles. The van der Waals surface area contributed by atoms with Gasteiger partial charge in [-0.3, -0.25) is 24.0 Å². The van der Waals surface area contributed by atoms with Crippen LogP contribution in [0.15, 0.2) is 42.5 Å². The zero-order chi connectivity index (χ0) is 35.7. The molecule has 1 aromatic rings. The van der Waals surface area contributed by atoms with Gasteiger partial charge in [-0.2, -0.15) is 0 Å². The number of allylic oxidation sites excluding steroid dienone is 2. The van der Waals surface area contributed by atoms with Gasteiger partial charge in [-0.15, -0.1) is 0 Å². The van der Waals surface area contributed by atoms with Crippen molar-refractivity contribution in [3.05, 3.63) is 48.0 Å². The molecule has 2 unspecified atom stereocenters. The molecule has 270 valence electrons. The summed E-state index contributed by atoms with van der Waals surface area (Å²) in [5.74, 6) is -2.86. The Bertz CT molecular complexity index is 1350. The standard InChI is InChI=1S/C36H54N6O7/c1-36(2)20-24-27(49-36)22-42-30(24)32(45)39-26(19-15-10-8-6-5-7-9-14-18-25(37)34(42)47)31(44)33(46)38-21-28(43)40-29(35(48)41(3)4)23-16-12-11-13-17-23/h5-6,11-13,16-17,24-27,29-31,44H,7-10,14-15,18-22,37H2,1-4H3,(H,38,46)(H,39,45)(H,40,43)/b6-5+/t24-,25-,26-,27?,29-,30-,31?/m0/s1. The van der Waals surface area contributed by atoms with E-state index in [4.69, 9.17) is 10.5 Å². The first-order chi connectivity index (χ1) is 23.3. The lowest BCUT2D eigenvalue weighted by Gasteiger charge is -2.32. The second-order valence-electron chi connectivity index (χ2n) is 14.3. The van der Waals surface area contributed by atoms with Crippen molar-refractivity contribution in [2.45, 2.75) is 114 Å². The number of nitrogens with one attached hydrogen (secondary N) is 3. The molecular weight excluding hydrogens is 628 g/mol. The molecule has 7 atom stereocenters. The Morgan fingerprint density at radius 3 is 2.37 bits per heavy atom. The molecule has 4 rings (SSSR count). The third-order valence-electron chi connectivity index (χ3n) is 9.63. The minimum Gasteiger partial charge on any atom is -0.381 e. The van der Waals surface area contributed by atoms with Gasteiger partial charge in [0.2, 0.25) is 23.6 Å². The molecule has 49 heavy (non-hydrogen) atoms. The summed E-state index contributed by atoms with van der Waals surface area (Å²) < 4.78 is 6.23. The maximum absolute atomic E-state index is 14.1. The number of carbonyl (C=O) groups excluding carboxylic acids is 5. The van der Waals surface area contributed by atoms with Gasteiger partial charge in [-0.25, -0.2) is 0 Å². The second-order valence-corrected chi connectivity index (χ2v) is 14.3. The number of nitrogens with zero attached hydrogens (tertiary/aromatic N) is 2. The van der Waals surface area contributed by atoms with E-state index in [-0.39, 0.29) is 30.4 Å². The van der Waals surface area contributed by atoms with Crippen molar-refractivity contribution in [3.8, 4) is 0 Å². The first kappa shape index (κ1) is 38.0. The predicted molar refractivity (Wildman–Crippen MR) is 184 cm³/mol. The molecule has 0 saturated carbocycles. The number of ether oxygens (including phenoxy) is 1. The molecule has 0 spiro atoms. The van der Waals surface area contributed by atoms with Crippen LogP contribution in [0.1, 0.15) is 83.2 Å². The first-order valence-electron chi connectivity index (χ1n) is 17.5. The lowest BCUT2D eigenvalue weighted by molar-refractivity contribution is -0.142. The maximum Gasteiger partial charge on any atom is 0.251 e. The number of hydrogen-bond donors (Lipinski definition) is 5. The molecule has 13 heteroatoms. The molecule has 6 N–H and O–H groups in total. The molecule has 13 nitrogen and oxygen atoms in total. The molecule has 1 aromatic carbocycles. The van der Waals surface area contributed by atoms with Gasteiger partial charge < -0.3 is 41.3 Å². The van der Waals surface area contributed by atoms with Crippen LogP contribution in [-0.4, -0.2) is 108 Å². The quantitative estimate of drug-likeness (QED) is 0.267. The van der Waals surface area contributed by atoms with E-state index in [0.717, 1.165) is 32.1 Å². The van der Waals surface area contributed by atoms with E-state index in [9.17, 15) is 29.1 Å². The summed E-state index contributed by atoms with van der Waals surface area (Å²) in [6.45, 7) is 3.66. The summed E-state index contributed by atoms with van der Waals surface area (Å²) in [6, 6.07) is 5.19. The lowest BCUT2D eigenvalue weighted by Crippen LogP contribution is -2.58. The zero-order valence-corrected chi connectivity index (χ0v) is 29.2. The minimum absolute atomic E-state index is 0.241. The first-order valence-corrected chi connectivity index (χ1v) is 17.5. The molecule has 3 aliphatic rings. The lowest BCUT2D eigenvalue weighted by atomic mass is 9.89. The van der Waals surface area contributed by atoms with Crippen LogP contribution in [0, 0.1) is 5.92 Å². The topological polar surface area (TPSA) is 183 Å². The SMILES string of the molecule is CN(C)C(=O)[C@@H](NC(=O)CNC(=O)C(O)[C@@H]1CCCC/C=C/CCCC[C@H](N)C(=O)N2CC3OC(C)(C)C[C@@H]3[C@H]2C(=O)N1)c1ccccc1. The largest absolute Gasteiger partial charge is 0.381 e. The number of carbonyl (C=O) groups is 5. The number of hydrogen-bond acceptors (Lipinski definition) is 8. The van der Waals surface area contributed by atoms with E-state index in [0.29, 0.717) is 31.2 Å². The van der Waals surface area contributed by atoms with Crippen molar-refractivity contribution < 1.29 is 33.8 Å². The van der Waals surface area contributed by atoms with E-state index in [1.165, 1.54) is 9.80 Å². The van der Waals surface area contributed by atoms with Crippen molar-refractivity contribution in [3.63, 3.8) is 0 Å². The van der Waals surface area contributed by atoms with E-state index in [2.05, 4.69) is 28.1 Å². The number of benzene rings is 1. The fourth-order valence-electron chi connectivity index (χ4n) is 7.09. The highest BCUT2D eigenvalue weighted by atomic mass is 16.5. The summed E-state index contributed by atoms with van der Waals surface area (Å²) in [7, 11) is 3.17. The van der Waals surface area contributed by atoms with Crippen LogP contribution in [0.3, 0.4) is 0 Å². The highest BCUT2D eigenvalue weighted by Crippen LogP contribution is 2.43. The highest BCUT2D eigenvalue weighted by molar-refractivity contribution is 5.93. The van der Waals surface area contributed by atoms with Gasteiger partial charge in [-0.1, -0.05) is 55.3 Å². The number of nitrogens with two attached hydrogens (primary N) is 1. The average molecular weight is 683 g/mol. The van der Waals surface area contributed by atoms with Crippen molar-refractivity contribution in [2.75, 3.05) is 27.2 Å². The van der Waals surface area contributed by atoms with Gasteiger partial charge >= 0.3 is 0 Å². The molecule has 0 bridgehead atoms. The number of likely N-dealkylation sites (N-methyl/N-ethyl adjacent to an activating group) is 1. The van der Waals surface area contributed by atoms with Gasteiger partial charge in [-0.05, 0) is 64.4 Å². The van der Waals surface area contributed by atoms with Gasteiger partial charge in [0.25, 0.3) is 5.91 Å². The van der Waals surface area contributed by atoms with Crippen LogP contribution in [0.2, 0.25) is 0 Å². The Morgan fingerprint density at radius 1 is 1.06 bits per heavy atom. The summed E-state index contributed by atoms with van der Waals surface area (Å²) in [5.41, 5.74) is 6.47. The smallest absolute Gasteiger partial charge is 0.251 e. The molecular formula is C36H54N6O7. The fourth-order valence-corrected chi connectivity index (χ4v) is 7.09. The van der Waals surface area contributed by atoms with Crippen molar-refractivity contribution >= 4 is 29.5 Å². The third-order valence-corrected chi connectivity index (χ3v) is 9.63. The van der Waals surface area contributed by atoms with Crippen LogP contribution in [0.5, 0.6) is 0 Å². The molecule has 0 aliphatic carbocycles. The van der Waals surface area contributed by atoms with Crippen LogP contribution in [0.25, 0.3) is 0 Å². The Labute approximate surface area is 289 Å². The molecule has 0 radical (unpaired) electrons. The highest BCUT2D eigenvalue weighted by Gasteiger charge is 2.55. The van der Waals surface area contributed by atoms with Crippen molar-refractivity contribution in [2.24, 2.45) is 11.7 Å². The molecule has 5 amide bonds. The molecule has 0 aromatic heterocycles. The Kier molecular flexibility index (Phi) is 13.4. The summed E-state index contributed by atoms with van der Waals surface area (Å²) in [6.07, 6.45) is 8.35. The Balaban J connectivity index is 1.48. The average Bonchev–Trinajstić information content (AvgIpc) is 3.56. The number of aliphatic hydroxyl groups excluding tert-OH is 1. The predicted octanol–water partition coefficient (Wildman–Crippen LogP) is 1.31. The van der Waals surface area contributed by atoms with E-state index < -0.39 is 60.1 Å². The van der Waals surface area contributed by atoms with Crippen molar-refractivity contribution in [1.82, 2.24) is 25.8 Å². The van der Waals surface area contributed by atoms with E-state index >= 15 is 0 Å². The van der Waals surface area contributed by atoms with Gasteiger partial charge in [0.05, 0.1) is 30.3 Å². The summed E-state index contributed by atoms with van der Waals surface area (Å²) in [5, 5.41) is 19.3. The monoisotopic (exact) mass is 682 g/mol. The van der Waals surface area contributed by atoms with Crippen LogP contribution in [0.4, 0.5) is 0 Å². The number of aliphatic hydroxyl groups is 1. The molecule has 2 fully saturated rings. The second kappa shape index (κ2) is 17.2. The van der Waals surface area contributed by atoms with Crippen LogP contribution >= 0.6 is 0 Å². The number of amides is 5. The Hall–Kier alpha value is -3.81. The van der Waals surface area contributed by atoms with Gasteiger partial charge in [0.15, 0.2) is 6.10 Å². The van der Waals surface area contributed by atoms with E-state index in [1.807, 2.05) is 13.8 Å². The third kappa shape index (κ3) is 10.1. The molecule has 3 aliphatic heterocycles. The fraction of sp³-hybridized carbons (Fsp3) is 0.639. The van der Waals surface area contributed by atoms with Crippen LogP contribution < -0.4 is 21.7 Å². The van der Waals surface area contributed by atoms with E-state index in [1.54, 1.807) is 44.4 Å². The van der Waals surface area contributed by atoms with Gasteiger partial charge in [0.1, 0.15) is 12.1 Å².